The Kier molecular flexibility index (Phi) is 4.19. The number of hydrogen-bond donors (Lipinski definition) is 1. The smallest absolute Gasteiger partial charge is 0.123 e. The van der Waals surface area contributed by atoms with Gasteiger partial charge in [0.15, 0.2) is 0 Å². The number of likely N-dealkylation sites (N-methyl/N-ethyl adjacent to an activating group) is 1. The van der Waals surface area contributed by atoms with Crippen molar-refractivity contribution in [2.75, 3.05) is 7.05 Å². The lowest BCUT2D eigenvalue weighted by atomic mass is 9.74. The van der Waals surface area contributed by atoms with E-state index in [2.05, 4.69) is 31.1 Å². The fourth-order valence-electron chi connectivity index (χ4n) is 2.73. The van der Waals surface area contributed by atoms with Gasteiger partial charge in [0.2, 0.25) is 0 Å². The van der Waals surface area contributed by atoms with Crippen LogP contribution in [0.25, 0.3) is 0 Å². The largest absolute Gasteiger partial charge is 0.312 e. The minimum Gasteiger partial charge on any atom is -0.312 e. The summed E-state index contributed by atoms with van der Waals surface area (Å²) in [4.78, 5) is 4.24. The van der Waals surface area contributed by atoms with Gasteiger partial charge in [-0.05, 0) is 48.9 Å². The standard InChI is InChI=1S/C17H21FN2/c1-12-9-10-20-11-15(12)16(19-4)17(2,3)13-5-7-14(18)8-6-13/h5-11,16,19H,1-4H3. The van der Waals surface area contributed by atoms with Crippen molar-refractivity contribution < 1.29 is 4.39 Å². The Balaban J connectivity index is 2.44. The summed E-state index contributed by atoms with van der Waals surface area (Å²) >= 11 is 0. The van der Waals surface area contributed by atoms with Gasteiger partial charge in [0.05, 0.1) is 0 Å². The summed E-state index contributed by atoms with van der Waals surface area (Å²) in [5, 5.41) is 3.38. The van der Waals surface area contributed by atoms with Crippen molar-refractivity contribution >= 4 is 0 Å². The molecule has 1 N–H and O–H groups in total. The van der Waals surface area contributed by atoms with E-state index in [1.54, 1.807) is 6.20 Å². The highest BCUT2D eigenvalue weighted by molar-refractivity contribution is 5.34. The Morgan fingerprint density at radius 1 is 1.15 bits per heavy atom. The second kappa shape index (κ2) is 5.71. The van der Waals surface area contributed by atoms with Crippen LogP contribution in [0.3, 0.4) is 0 Å². The third kappa shape index (κ3) is 2.73. The number of benzene rings is 1. The fraction of sp³-hybridized carbons (Fsp3) is 0.353. The number of halogens is 1. The van der Waals surface area contributed by atoms with Gasteiger partial charge in [-0.3, -0.25) is 4.98 Å². The van der Waals surface area contributed by atoms with Crippen molar-refractivity contribution in [3.8, 4) is 0 Å². The van der Waals surface area contributed by atoms with Gasteiger partial charge in [0.25, 0.3) is 0 Å². The number of hydrogen-bond acceptors (Lipinski definition) is 2. The highest BCUT2D eigenvalue weighted by Gasteiger charge is 2.32. The van der Waals surface area contributed by atoms with Crippen LogP contribution in [0.2, 0.25) is 0 Å². The van der Waals surface area contributed by atoms with Crippen molar-refractivity contribution in [3.05, 3.63) is 65.2 Å². The Morgan fingerprint density at radius 2 is 1.80 bits per heavy atom. The van der Waals surface area contributed by atoms with E-state index in [0.717, 1.165) is 5.56 Å². The van der Waals surface area contributed by atoms with Crippen LogP contribution in [-0.4, -0.2) is 12.0 Å². The van der Waals surface area contributed by atoms with Crippen LogP contribution in [0.4, 0.5) is 4.39 Å². The lowest BCUT2D eigenvalue weighted by Crippen LogP contribution is -2.36. The van der Waals surface area contributed by atoms with Crippen molar-refractivity contribution in [3.63, 3.8) is 0 Å². The Hall–Kier alpha value is -1.74. The number of nitrogens with zero attached hydrogens (tertiary/aromatic N) is 1. The minimum atomic E-state index is -0.205. The molecule has 2 rings (SSSR count). The van der Waals surface area contributed by atoms with Crippen LogP contribution >= 0.6 is 0 Å². The zero-order valence-corrected chi connectivity index (χ0v) is 12.4. The van der Waals surface area contributed by atoms with Crippen LogP contribution in [-0.2, 0) is 5.41 Å². The first-order valence-corrected chi connectivity index (χ1v) is 6.80. The average Bonchev–Trinajstić information content (AvgIpc) is 2.42. The maximum atomic E-state index is 13.1. The summed E-state index contributed by atoms with van der Waals surface area (Å²) in [6.07, 6.45) is 3.71. The van der Waals surface area contributed by atoms with Crippen LogP contribution in [0.1, 0.15) is 36.6 Å². The predicted octanol–water partition coefficient (Wildman–Crippen LogP) is 3.77. The quantitative estimate of drug-likeness (QED) is 0.916. The van der Waals surface area contributed by atoms with E-state index >= 15 is 0 Å². The molecule has 0 aliphatic heterocycles. The molecule has 1 atom stereocenters. The lowest BCUT2D eigenvalue weighted by molar-refractivity contribution is 0.366. The zero-order valence-electron chi connectivity index (χ0n) is 12.4. The molecule has 0 saturated heterocycles. The maximum absolute atomic E-state index is 13.1. The van der Waals surface area contributed by atoms with Gasteiger partial charge in [0, 0.05) is 23.9 Å². The summed E-state index contributed by atoms with van der Waals surface area (Å²) < 4.78 is 13.1. The Labute approximate surface area is 120 Å². The number of pyridine rings is 1. The highest BCUT2D eigenvalue weighted by atomic mass is 19.1. The SMILES string of the molecule is CNC(c1cnccc1C)C(C)(C)c1ccc(F)cc1. The van der Waals surface area contributed by atoms with Gasteiger partial charge < -0.3 is 5.32 Å². The van der Waals surface area contributed by atoms with Crippen LogP contribution in [0.5, 0.6) is 0 Å². The van der Waals surface area contributed by atoms with E-state index in [4.69, 9.17) is 0 Å². The fourth-order valence-corrected chi connectivity index (χ4v) is 2.73. The third-order valence-corrected chi connectivity index (χ3v) is 3.99. The van der Waals surface area contributed by atoms with Crippen molar-refractivity contribution in [1.29, 1.82) is 0 Å². The van der Waals surface area contributed by atoms with Gasteiger partial charge in [-0.2, -0.15) is 0 Å². The molecule has 0 spiro atoms. The molecular formula is C17H21FN2. The van der Waals surface area contributed by atoms with Crippen molar-refractivity contribution in [2.24, 2.45) is 0 Å². The highest BCUT2D eigenvalue weighted by Crippen LogP contribution is 2.37. The molecule has 20 heavy (non-hydrogen) atoms. The molecule has 0 radical (unpaired) electrons. The van der Waals surface area contributed by atoms with E-state index in [1.165, 1.54) is 23.3 Å². The van der Waals surface area contributed by atoms with Gasteiger partial charge in [-0.25, -0.2) is 4.39 Å². The van der Waals surface area contributed by atoms with Crippen molar-refractivity contribution in [1.82, 2.24) is 10.3 Å². The van der Waals surface area contributed by atoms with Crippen molar-refractivity contribution in [2.45, 2.75) is 32.2 Å². The molecule has 0 saturated carbocycles. The number of nitrogens with one attached hydrogen (secondary N) is 1. The first-order valence-electron chi connectivity index (χ1n) is 6.80. The first-order chi connectivity index (χ1) is 9.46. The summed E-state index contributed by atoms with van der Waals surface area (Å²) in [5.41, 5.74) is 3.30. The molecule has 0 bridgehead atoms. The molecule has 0 fully saturated rings. The van der Waals surface area contributed by atoms with E-state index in [1.807, 2.05) is 31.4 Å². The van der Waals surface area contributed by atoms with E-state index in [0.29, 0.717) is 0 Å². The second-order valence-electron chi connectivity index (χ2n) is 5.68. The molecular weight excluding hydrogens is 251 g/mol. The average molecular weight is 272 g/mol. The molecule has 106 valence electrons. The zero-order chi connectivity index (χ0) is 14.8. The molecule has 0 amide bonds. The van der Waals surface area contributed by atoms with Crippen LogP contribution in [0.15, 0.2) is 42.7 Å². The molecule has 1 heterocycles. The molecule has 0 aliphatic carbocycles. The summed E-state index contributed by atoms with van der Waals surface area (Å²) in [6, 6.07) is 8.86. The summed E-state index contributed by atoms with van der Waals surface area (Å²) in [7, 11) is 1.95. The summed E-state index contributed by atoms with van der Waals surface area (Å²) in [5.74, 6) is -0.205. The van der Waals surface area contributed by atoms with E-state index < -0.39 is 0 Å². The molecule has 2 nitrogen and oxygen atoms in total. The minimum absolute atomic E-state index is 0.113. The van der Waals surface area contributed by atoms with Gasteiger partial charge in [0.1, 0.15) is 5.82 Å². The molecule has 1 aromatic carbocycles. The third-order valence-electron chi connectivity index (χ3n) is 3.99. The Morgan fingerprint density at radius 3 is 2.35 bits per heavy atom. The van der Waals surface area contributed by atoms with E-state index in [-0.39, 0.29) is 17.3 Å². The number of aromatic nitrogens is 1. The van der Waals surface area contributed by atoms with Gasteiger partial charge >= 0.3 is 0 Å². The van der Waals surface area contributed by atoms with Crippen LogP contribution < -0.4 is 5.32 Å². The number of aryl methyl sites for hydroxylation is 1. The van der Waals surface area contributed by atoms with E-state index in [9.17, 15) is 4.39 Å². The predicted molar refractivity (Wildman–Crippen MR) is 80.2 cm³/mol. The Bertz CT molecular complexity index is 576. The number of rotatable bonds is 4. The van der Waals surface area contributed by atoms with Gasteiger partial charge in [-0.1, -0.05) is 26.0 Å². The first kappa shape index (κ1) is 14.7. The molecule has 2 aromatic rings. The second-order valence-corrected chi connectivity index (χ2v) is 5.68. The molecule has 1 unspecified atom stereocenters. The summed E-state index contributed by atoms with van der Waals surface area (Å²) in [6.45, 7) is 6.41. The molecule has 0 aliphatic rings. The maximum Gasteiger partial charge on any atom is 0.123 e. The topological polar surface area (TPSA) is 24.9 Å². The van der Waals surface area contributed by atoms with Gasteiger partial charge in [-0.15, -0.1) is 0 Å². The molecule has 1 aromatic heterocycles. The monoisotopic (exact) mass is 272 g/mol. The molecule has 3 heteroatoms. The van der Waals surface area contributed by atoms with Crippen LogP contribution in [0, 0.1) is 12.7 Å². The normalized spacial score (nSPS) is 13.2. The lowest BCUT2D eigenvalue weighted by Gasteiger charge is -2.35.